The van der Waals surface area contributed by atoms with Gasteiger partial charge in [-0.15, -0.1) is 0 Å². The van der Waals surface area contributed by atoms with E-state index in [-0.39, 0.29) is 28.4 Å². The first-order valence-corrected chi connectivity index (χ1v) is 7.91. The van der Waals surface area contributed by atoms with E-state index in [1.165, 1.54) is 29.4 Å². The maximum absolute atomic E-state index is 12.1. The number of nitrogens with one attached hydrogen (secondary N) is 2. The minimum Gasteiger partial charge on any atom is -0.505 e. The molecule has 0 unspecified atom stereocenters. The Morgan fingerprint density at radius 2 is 1.70 bits per heavy atom. The van der Waals surface area contributed by atoms with Crippen molar-refractivity contribution in [2.45, 2.75) is 0 Å². The molecule has 4 N–H and O–H groups in total. The van der Waals surface area contributed by atoms with Crippen molar-refractivity contribution in [3.8, 4) is 5.75 Å². The molecule has 0 aliphatic carbocycles. The van der Waals surface area contributed by atoms with Gasteiger partial charge in [0.25, 0.3) is 16.8 Å². The molecule has 3 rings (SSSR count). The number of amides is 1. The molecule has 0 spiro atoms. The summed E-state index contributed by atoms with van der Waals surface area (Å²) in [5, 5.41) is 25.2. The molecule has 0 fully saturated rings. The van der Waals surface area contributed by atoms with Crippen LogP contribution < -0.4 is 26.2 Å². The number of phenols is 1. The highest BCUT2D eigenvalue weighted by molar-refractivity contribution is 5.99. The summed E-state index contributed by atoms with van der Waals surface area (Å²) in [4.78, 5) is 37.3. The molecule has 3 aromatic rings. The summed E-state index contributed by atoms with van der Waals surface area (Å²) in [6.45, 7) is 0. The van der Waals surface area contributed by atoms with E-state index in [0.29, 0.717) is 5.69 Å². The van der Waals surface area contributed by atoms with Gasteiger partial charge in [-0.1, -0.05) is 6.07 Å². The summed E-state index contributed by atoms with van der Waals surface area (Å²) in [7, 11) is 3.10. The van der Waals surface area contributed by atoms with Gasteiger partial charge in [0.2, 0.25) is 12.4 Å². The Bertz CT molecular complexity index is 1100. The number of carbonyl (C=O) groups excluding carboxylic acids is 1. The summed E-state index contributed by atoms with van der Waals surface area (Å²) in [5.41, 5.74) is -0.977. The van der Waals surface area contributed by atoms with Crippen LogP contribution in [0.5, 0.6) is 5.75 Å². The van der Waals surface area contributed by atoms with Crippen LogP contribution in [0, 0.1) is 0 Å². The molecule has 0 aliphatic rings. The summed E-state index contributed by atoms with van der Waals surface area (Å²) in [6.07, 6.45) is 2.70. The molecule has 0 aliphatic heterocycles. The van der Waals surface area contributed by atoms with E-state index in [0.717, 1.165) is 4.73 Å². The molecule has 1 amide bonds. The molecule has 2 aromatic carbocycles. The van der Waals surface area contributed by atoms with Gasteiger partial charge in [-0.25, -0.2) is 0 Å². The lowest BCUT2D eigenvalue weighted by molar-refractivity contribution is -0.904. The minimum atomic E-state index is -0.756. The number of nitrogens with zero attached hydrogens (tertiary/aromatic N) is 2. The van der Waals surface area contributed by atoms with Gasteiger partial charge in [0.1, 0.15) is 17.1 Å². The topological polar surface area (TPSA) is 123 Å². The van der Waals surface area contributed by atoms with Crippen molar-refractivity contribution in [1.29, 1.82) is 0 Å². The standard InChI is InChI=1S/C18H16N4O5/c1-21(2)18(26)11-6-3-7-12(15(11)23)20-14-13(16(24)17(14)25)19-10-5-4-8-22(27)9-10/h3-9H,1-2H3,(H3-,19,20,23,24,25,26,27)/p+1. The number of carbonyl (C=O) groups is 1. The summed E-state index contributed by atoms with van der Waals surface area (Å²) < 4.78 is 0.795. The fourth-order valence-electron chi connectivity index (χ4n) is 2.50. The first kappa shape index (κ1) is 17.9. The molecule has 0 bridgehead atoms. The molecule has 9 nitrogen and oxygen atoms in total. The lowest BCUT2D eigenvalue weighted by Gasteiger charge is -2.17. The zero-order chi connectivity index (χ0) is 19.7. The normalized spacial score (nSPS) is 10.6. The van der Waals surface area contributed by atoms with Crippen molar-refractivity contribution in [1.82, 2.24) is 4.90 Å². The third-order valence-corrected chi connectivity index (χ3v) is 3.90. The highest BCUT2D eigenvalue weighted by atomic mass is 16.5. The predicted octanol–water partition coefficient (Wildman–Crippen LogP) is 0.702. The molecule has 138 valence electrons. The van der Waals surface area contributed by atoms with E-state index >= 15 is 0 Å². The van der Waals surface area contributed by atoms with Crippen LogP contribution in [0.25, 0.3) is 0 Å². The van der Waals surface area contributed by atoms with Gasteiger partial charge < -0.3 is 20.6 Å². The molecule has 0 saturated carbocycles. The fraction of sp³-hybridized carbons (Fsp3) is 0.111. The van der Waals surface area contributed by atoms with E-state index in [1.54, 1.807) is 32.3 Å². The lowest BCUT2D eigenvalue weighted by atomic mass is 10.1. The van der Waals surface area contributed by atoms with Gasteiger partial charge in [-0.3, -0.25) is 19.6 Å². The van der Waals surface area contributed by atoms with Crippen molar-refractivity contribution in [3.63, 3.8) is 0 Å². The highest BCUT2D eigenvalue weighted by Crippen LogP contribution is 2.32. The van der Waals surface area contributed by atoms with E-state index in [2.05, 4.69) is 10.6 Å². The van der Waals surface area contributed by atoms with Gasteiger partial charge in [-0.05, 0) is 18.2 Å². The first-order valence-electron chi connectivity index (χ1n) is 7.91. The van der Waals surface area contributed by atoms with Crippen LogP contribution in [0.15, 0.2) is 52.3 Å². The van der Waals surface area contributed by atoms with E-state index < -0.39 is 16.8 Å². The molecule has 0 atom stereocenters. The number of rotatable bonds is 5. The molecule has 0 radical (unpaired) electrons. The number of anilines is 4. The number of para-hydroxylation sites is 1. The number of hydrogen-bond donors (Lipinski definition) is 4. The lowest BCUT2D eigenvalue weighted by Crippen LogP contribution is -2.36. The van der Waals surface area contributed by atoms with E-state index in [9.17, 15) is 24.7 Å². The van der Waals surface area contributed by atoms with Crippen molar-refractivity contribution in [2.24, 2.45) is 0 Å². The number of benzene rings is 1. The third-order valence-electron chi connectivity index (χ3n) is 3.90. The smallest absolute Gasteiger partial charge is 0.257 e. The Hall–Kier alpha value is -3.88. The largest absolute Gasteiger partial charge is 0.505 e. The van der Waals surface area contributed by atoms with Crippen LogP contribution in [-0.2, 0) is 0 Å². The maximum Gasteiger partial charge on any atom is 0.257 e. The Kier molecular flexibility index (Phi) is 4.51. The molecule has 27 heavy (non-hydrogen) atoms. The molecule has 1 aromatic heterocycles. The van der Waals surface area contributed by atoms with Crippen molar-refractivity contribution >= 4 is 28.7 Å². The van der Waals surface area contributed by atoms with Crippen LogP contribution in [0.3, 0.4) is 0 Å². The summed E-state index contributed by atoms with van der Waals surface area (Å²) >= 11 is 0. The van der Waals surface area contributed by atoms with Gasteiger partial charge >= 0.3 is 0 Å². The molecular formula is C18H17N4O5+. The number of pyridine rings is 1. The van der Waals surface area contributed by atoms with Crippen LogP contribution in [0.4, 0.5) is 22.7 Å². The monoisotopic (exact) mass is 369 g/mol. The van der Waals surface area contributed by atoms with Crippen LogP contribution in [0.2, 0.25) is 0 Å². The average molecular weight is 369 g/mol. The maximum atomic E-state index is 12.1. The molecule has 0 saturated heterocycles. The zero-order valence-corrected chi connectivity index (χ0v) is 14.6. The second-order valence-electron chi connectivity index (χ2n) is 6.03. The third kappa shape index (κ3) is 3.30. The summed E-state index contributed by atoms with van der Waals surface area (Å²) in [5.74, 6) is -0.737. The Labute approximate surface area is 153 Å². The van der Waals surface area contributed by atoms with Gasteiger partial charge in [0, 0.05) is 24.9 Å². The molecule has 1 heterocycles. The minimum absolute atomic E-state index is 0.00469. The zero-order valence-electron chi connectivity index (χ0n) is 14.6. The average Bonchev–Trinajstić information content (AvgIpc) is 2.64. The first-order chi connectivity index (χ1) is 12.8. The second kappa shape index (κ2) is 6.79. The van der Waals surface area contributed by atoms with Gasteiger partial charge in [-0.2, -0.15) is 0 Å². The molecule has 9 heteroatoms. The highest BCUT2D eigenvalue weighted by Gasteiger charge is 2.24. The number of hydrogen-bond acceptors (Lipinski definition) is 7. The van der Waals surface area contributed by atoms with E-state index in [4.69, 9.17) is 0 Å². The second-order valence-corrected chi connectivity index (χ2v) is 6.03. The number of phenolic OH excluding ortho intramolecular Hbond substituents is 1. The molecular weight excluding hydrogens is 352 g/mol. The van der Waals surface area contributed by atoms with Gasteiger partial charge in [0.05, 0.1) is 11.3 Å². The van der Waals surface area contributed by atoms with Crippen LogP contribution >= 0.6 is 0 Å². The number of aromatic hydroxyl groups is 1. The van der Waals surface area contributed by atoms with Crippen LogP contribution in [-0.4, -0.2) is 35.2 Å². The Morgan fingerprint density at radius 3 is 2.33 bits per heavy atom. The Balaban J connectivity index is 1.93. The quantitative estimate of drug-likeness (QED) is 0.226. The van der Waals surface area contributed by atoms with Crippen LogP contribution in [0.1, 0.15) is 10.4 Å². The summed E-state index contributed by atoms with van der Waals surface area (Å²) in [6, 6.07) is 7.62. The SMILES string of the molecule is CN(C)C(=O)c1cccc(Nc2c(Nc3ccc[n+](O)c3)c(=O)c2=O)c1O. The number of aromatic nitrogens is 1. The van der Waals surface area contributed by atoms with Crippen molar-refractivity contribution in [3.05, 3.63) is 68.7 Å². The predicted molar refractivity (Wildman–Crippen MR) is 97.9 cm³/mol. The van der Waals surface area contributed by atoms with Gasteiger partial charge in [0.15, 0.2) is 5.75 Å². The van der Waals surface area contributed by atoms with Crippen molar-refractivity contribution in [2.75, 3.05) is 24.7 Å². The van der Waals surface area contributed by atoms with Crippen molar-refractivity contribution < 1.29 is 19.8 Å². The Morgan fingerprint density at radius 1 is 1.04 bits per heavy atom. The van der Waals surface area contributed by atoms with E-state index in [1.807, 2.05) is 0 Å². The fourth-order valence-corrected chi connectivity index (χ4v) is 2.50.